The molecule has 3 aromatic rings. The lowest BCUT2D eigenvalue weighted by atomic mass is 10.0. The van der Waals surface area contributed by atoms with Gasteiger partial charge in [-0.2, -0.15) is 0 Å². The van der Waals surface area contributed by atoms with E-state index >= 15 is 0 Å². The van der Waals surface area contributed by atoms with Crippen molar-refractivity contribution < 1.29 is 14.2 Å². The Bertz CT molecular complexity index is 936. The first kappa shape index (κ1) is 20.3. The molecule has 2 aromatic carbocycles. The minimum absolute atomic E-state index is 0.311. The standard InChI is InChI=1S/C26H29NO3/c1-28-24-16-14-20(18-25(24)30-23-11-5-6-12-23)13-15-22-10-7-17-27-26(22)29-19-21-8-3-2-4-9-21/h2-4,7-10,14,16-18,23H,5-6,11-13,15,19H2,1H3. The van der Waals surface area contributed by atoms with E-state index in [0.29, 0.717) is 18.6 Å². The second kappa shape index (κ2) is 10.1. The highest BCUT2D eigenvalue weighted by Gasteiger charge is 2.18. The molecule has 0 radical (unpaired) electrons. The SMILES string of the molecule is COc1ccc(CCc2cccnc2OCc2ccccc2)cc1OC1CCCC1. The van der Waals surface area contributed by atoms with Gasteiger partial charge in [-0.15, -0.1) is 0 Å². The molecular weight excluding hydrogens is 374 g/mol. The first-order valence-corrected chi connectivity index (χ1v) is 10.8. The summed E-state index contributed by atoms with van der Waals surface area (Å²) < 4.78 is 17.8. The Balaban J connectivity index is 1.41. The third-order valence-electron chi connectivity index (χ3n) is 5.58. The van der Waals surface area contributed by atoms with Crippen LogP contribution in [-0.4, -0.2) is 18.2 Å². The summed E-state index contributed by atoms with van der Waals surface area (Å²) in [6.45, 7) is 0.521. The maximum Gasteiger partial charge on any atom is 0.216 e. The fraction of sp³-hybridized carbons (Fsp3) is 0.346. The molecule has 1 saturated carbocycles. The Hall–Kier alpha value is -3.01. The molecule has 1 aromatic heterocycles. The first-order valence-electron chi connectivity index (χ1n) is 10.8. The molecule has 0 bridgehead atoms. The summed E-state index contributed by atoms with van der Waals surface area (Å²) >= 11 is 0. The Kier molecular flexibility index (Phi) is 6.86. The summed E-state index contributed by atoms with van der Waals surface area (Å²) in [5.74, 6) is 2.37. The van der Waals surface area contributed by atoms with Gasteiger partial charge < -0.3 is 14.2 Å². The molecule has 4 nitrogen and oxygen atoms in total. The largest absolute Gasteiger partial charge is 0.493 e. The molecular formula is C26H29NO3. The number of rotatable bonds is 9. The highest BCUT2D eigenvalue weighted by atomic mass is 16.5. The highest BCUT2D eigenvalue weighted by molar-refractivity contribution is 5.43. The summed E-state index contributed by atoms with van der Waals surface area (Å²) in [5, 5.41) is 0. The Labute approximate surface area is 178 Å². The normalized spacial score (nSPS) is 13.9. The van der Waals surface area contributed by atoms with Crippen molar-refractivity contribution in [2.24, 2.45) is 0 Å². The lowest BCUT2D eigenvalue weighted by Gasteiger charge is -2.17. The predicted octanol–water partition coefficient (Wildman–Crippen LogP) is 5.78. The van der Waals surface area contributed by atoms with Crippen molar-refractivity contribution in [3.63, 3.8) is 0 Å². The van der Waals surface area contributed by atoms with Crippen LogP contribution in [0.5, 0.6) is 17.4 Å². The number of aromatic nitrogens is 1. The Morgan fingerprint density at radius 2 is 1.70 bits per heavy atom. The van der Waals surface area contributed by atoms with Gasteiger partial charge in [-0.1, -0.05) is 42.5 Å². The van der Waals surface area contributed by atoms with Crippen molar-refractivity contribution in [3.8, 4) is 17.4 Å². The average Bonchev–Trinajstić information content (AvgIpc) is 3.31. The van der Waals surface area contributed by atoms with Crippen molar-refractivity contribution in [2.75, 3.05) is 7.11 Å². The van der Waals surface area contributed by atoms with E-state index in [2.05, 4.69) is 35.3 Å². The molecule has 0 saturated heterocycles. The summed E-state index contributed by atoms with van der Waals surface area (Å²) in [4.78, 5) is 4.45. The van der Waals surface area contributed by atoms with Crippen LogP contribution in [0.15, 0.2) is 66.9 Å². The van der Waals surface area contributed by atoms with Crippen molar-refractivity contribution in [2.45, 2.75) is 51.2 Å². The summed E-state index contributed by atoms with van der Waals surface area (Å²) in [7, 11) is 1.70. The van der Waals surface area contributed by atoms with E-state index < -0.39 is 0 Å². The summed E-state index contributed by atoms with van der Waals surface area (Å²) in [6, 6.07) is 20.5. The van der Waals surface area contributed by atoms with Crippen LogP contribution in [0.25, 0.3) is 0 Å². The van der Waals surface area contributed by atoms with Crippen LogP contribution < -0.4 is 14.2 Å². The average molecular weight is 404 g/mol. The number of methoxy groups -OCH3 is 1. The molecule has 0 atom stereocenters. The number of ether oxygens (including phenoxy) is 3. The minimum atomic E-state index is 0.311. The van der Waals surface area contributed by atoms with Crippen LogP contribution in [0.1, 0.15) is 42.4 Å². The van der Waals surface area contributed by atoms with Crippen LogP contribution in [0.2, 0.25) is 0 Å². The third-order valence-corrected chi connectivity index (χ3v) is 5.58. The van der Waals surface area contributed by atoms with Gasteiger partial charge in [-0.25, -0.2) is 4.98 Å². The van der Waals surface area contributed by atoms with Crippen LogP contribution in [0, 0.1) is 0 Å². The molecule has 1 fully saturated rings. The highest BCUT2D eigenvalue weighted by Crippen LogP contribution is 2.33. The van der Waals surface area contributed by atoms with Gasteiger partial charge >= 0.3 is 0 Å². The quantitative estimate of drug-likeness (QED) is 0.454. The molecule has 156 valence electrons. The zero-order chi connectivity index (χ0) is 20.6. The molecule has 4 heteroatoms. The molecule has 30 heavy (non-hydrogen) atoms. The van der Waals surface area contributed by atoms with Gasteiger partial charge in [0.2, 0.25) is 5.88 Å². The van der Waals surface area contributed by atoms with Crippen molar-refractivity contribution >= 4 is 0 Å². The second-order valence-corrected chi connectivity index (χ2v) is 7.75. The molecule has 1 heterocycles. The van der Waals surface area contributed by atoms with Crippen molar-refractivity contribution in [1.82, 2.24) is 4.98 Å². The lowest BCUT2D eigenvalue weighted by molar-refractivity contribution is 0.200. The van der Waals surface area contributed by atoms with Crippen LogP contribution >= 0.6 is 0 Å². The molecule has 0 aliphatic heterocycles. The zero-order valence-corrected chi connectivity index (χ0v) is 17.5. The van der Waals surface area contributed by atoms with E-state index in [4.69, 9.17) is 14.2 Å². The van der Waals surface area contributed by atoms with Crippen LogP contribution in [0.3, 0.4) is 0 Å². The predicted molar refractivity (Wildman–Crippen MR) is 118 cm³/mol. The van der Waals surface area contributed by atoms with Crippen LogP contribution in [0.4, 0.5) is 0 Å². The molecule has 1 aliphatic carbocycles. The molecule has 0 N–H and O–H groups in total. The number of benzene rings is 2. The number of nitrogens with zero attached hydrogens (tertiary/aromatic N) is 1. The first-order chi connectivity index (χ1) is 14.8. The van der Waals surface area contributed by atoms with E-state index in [9.17, 15) is 0 Å². The third kappa shape index (κ3) is 5.32. The van der Waals surface area contributed by atoms with E-state index in [0.717, 1.165) is 48.3 Å². The van der Waals surface area contributed by atoms with Gasteiger partial charge in [-0.05, 0) is 67.9 Å². The van der Waals surface area contributed by atoms with Gasteiger partial charge in [0.1, 0.15) is 6.61 Å². The summed E-state index contributed by atoms with van der Waals surface area (Å²) in [6.07, 6.45) is 8.59. The van der Waals surface area contributed by atoms with E-state index in [1.165, 1.54) is 18.4 Å². The van der Waals surface area contributed by atoms with Gasteiger partial charge in [0, 0.05) is 11.8 Å². The maximum atomic E-state index is 6.24. The second-order valence-electron chi connectivity index (χ2n) is 7.75. The number of pyridine rings is 1. The minimum Gasteiger partial charge on any atom is -0.493 e. The van der Waals surface area contributed by atoms with Gasteiger partial charge in [0.25, 0.3) is 0 Å². The zero-order valence-electron chi connectivity index (χ0n) is 17.5. The fourth-order valence-corrected chi connectivity index (χ4v) is 3.90. The number of hydrogen-bond donors (Lipinski definition) is 0. The number of aryl methyl sites for hydroxylation is 2. The monoisotopic (exact) mass is 403 g/mol. The van der Waals surface area contributed by atoms with Gasteiger partial charge in [-0.3, -0.25) is 0 Å². The Morgan fingerprint density at radius 1 is 0.867 bits per heavy atom. The molecule has 0 amide bonds. The topological polar surface area (TPSA) is 40.6 Å². The molecule has 0 unspecified atom stereocenters. The van der Waals surface area contributed by atoms with Crippen LogP contribution in [-0.2, 0) is 19.4 Å². The van der Waals surface area contributed by atoms with Crippen molar-refractivity contribution in [3.05, 3.63) is 83.6 Å². The molecule has 0 spiro atoms. The maximum absolute atomic E-state index is 6.24. The fourth-order valence-electron chi connectivity index (χ4n) is 3.90. The number of hydrogen-bond acceptors (Lipinski definition) is 4. The lowest BCUT2D eigenvalue weighted by Crippen LogP contribution is -2.11. The van der Waals surface area contributed by atoms with Gasteiger partial charge in [0.05, 0.1) is 13.2 Å². The van der Waals surface area contributed by atoms with Gasteiger partial charge in [0.15, 0.2) is 11.5 Å². The van der Waals surface area contributed by atoms with E-state index in [1.54, 1.807) is 13.3 Å². The smallest absolute Gasteiger partial charge is 0.216 e. The Morgan fingerprint density at radius 3 is 2.50 bits per heavy atom. The van der Waals surface area contributed by atoms with E-state index in [1.807, 2.05) is 30.3 Å². The summed E-state index contributed by atoms with van der Waals surface area (Å²) in [5.41, 5.74) is 3.47. The molecule has 1 aliphatic rings. The van der Waals surface area contributed by atoms with E-state index in [-0.39, 0.29) is 0 Å². The molecule has 4 rings (SSSR count). The van der Waals surface area contributed by atoms with Crippen molar-refractivity contribution in [1.29, 1.82) is 0 Å².